The molecule has 1 N–H and O–H groups in total. The van der Waals surface area contributed by atoms with E-state index in [4.69, 9.17) is 4.99 Å². The van der Waals surface area contributed by atoms with Gasteiger partial charge in [0.1, 0.15) is 0 Å². The zero-order valence-electron chi connectivity index (χ0n) is 10.8. The molecule has 0 spiro atoms. The number of amidine groups is 1. The van der Waals surface area contributed by atoms with Crippen LogP contribution in [-0.4, -0.2) is 23.0 Å². The highest BCUT2D eigenvalue weighted by Gasteiger charge is 2.33. The first kappa shape index (κ1) is 12.3. The molecule has 0 aromatic heterocycles. The minimum absolute atomic E-state index is 0.235. The largest absolute Gasteiger partial charge is 0.359 e. The number of rotatable bonds is 3. The van der Waals surface area contributed by atoms with Gasteiger partial charge in [-0.1, -0.05) is 31.5 Å². The first-order valence-electron chi connectivity index (χ1n) is 6.51. The summed E-state index contributed by atoms with van der Waals surface area (Å²) in [6.45, 7) is 7.85. The Morgan fingerprint density at radius 3 is 2.50 bits per heavy atom. The van der Waals surface area contributed by atoms with Gasteiger partial charge >= 0.3 is 0 Å². The molecule has 0 radical (unpaired) electrons. The monoisotopic (exact) mass is 240 g/mol. The van der Waals surface area contributed by atoms with Crippen molar-refractivity contribution in [2.45, 2.75) is 58.4 Å². The Morgan fingerprint density at radius 1 is 1.31 bits per heavy atom. The summed E-state index contributed by atoms with van der Waals surface area (Å²) in [7, 11) is 0. The maximum Gasteiger partial charge on any atom is 0.157 e. The van der Waals surface area contributed by atoms with Crippen LogP contribution in [0.25, 0.3) is 0 Å². The molecule has 1 saturated heterocycles. The van der Waals surface area contributed by atoms with Crippen molar-refractivity contribution in [3.05, 3.63) is 0 Å². The van der Waals surface area contributed by atoms with Crippen LogP contribution in [0.1, 0.15) is 52.9 Å². The van der Waals surface area contributed by atoms with Crippen molar-refractivity contribution in [2.24, 2.45) is 10.4 Å². The van der Waals surface area contributed by atoms with E-state index in [1.807, 2.05) is 11.8 Å². The number of nitrogens with zero attached hydrogens (tertiary/aromatic N) is 1. The van der Waals surface area contributed by atoms with Crippen LogP contribution in [0.3, 0.4) is 0 Å². The maximum atomic E-state index is 4.81. The molecule has 2 nitrogen and oxygen atoms in total. The average molecular weight is 240 g/mol. The van der Waals surface area contributed by atoms with Gasteiger partial charge in [-0.25, -0.2) is 0 Å². The van der Waals surface area contributed by atoms with Gasteiger partial charge in [0.25, 0.3) is 0 Å². The molecule has 2 rings (SSSR count). The molecule has 0 unspecified atom stereocenters. The second-order valence-corrected chi connectivity index (χ2v) is 6.94. The Bertz CT molecular complexity index is 278. The molecule has 1 heterocycles. The van der Waals surface area contributed by atoms with Crippen LogP contribution >= 0.6 is 11.8 Å². The third-order valence-corrected chi connectivity index (χ3v) is 5.36. The summed E-state index contributed by atoms with van der Waals surface area (Å²) in [6, 6.07) is 0. The Hall–Kier alpha value is -0.180. The van der Waals surface area contributed by atoms with Gasteiger partial charge in [-0.2, -0.15) is 0 Å². The fourth-order valence-corrected chi connectivity index (χ4v) is 3.76. The zero-order valence-corrected chi connectivity index (χ0v) is 11.6. The van der Waals surface area contributed by atoms with Crippen molar-refractivity contribution in [3.63, 3.8) is 0 Å². The standard InChI is InChI=1S/C13H24N2S/c1-4-13(7-5-6-8-13)9-14-11-15-12(2,3)10-16-11/h4-10H2,1-3H3,(H,14,15). The average Bonchev–Trinajstić information content (AvgIpc) is 2.83. The van der Waals surface area contributed by atoms with Crippen LogP contribution in [0.15, 0.2) is 4.99 Å². The van der Waals surface area contributed by atoms with Gasteiger partial charge < -0.3 is 5.32 Å². The summed E-state index contributed by atoms with van der Waals surface area (Å²) in [5.41, 5.74) is 0.764. The summed E-state index contributed by atoms with van der Waals surface area (Å²) >= 11 is 1.88. The molecule has 0 aromatic carbocycles. The molecule has 0 atom stereocenters. The summed E-state index contributed by atoms with van der Waals surface area (Å²) in [6.07, 6.45) is 6.87. The van der Waals surface area contributed by atoms with Gasteiger partial charge in [-0.05, 0) is 38.5 Å². The van der Waals surface area contributed by atoms with E-state index < -0.39 is 0 Å². The first-order valence-corrected chi connectivity index (χ1v) is 7.49. The maximum absolute atomic E-state index is 4.81. The van der Waals surface area contributed by atoms with E-state index >= 15 is 0 Å². The third kappa shape index (κ3) is 2.73. The van der Waals surface area contributed by atoms with Crippen molar-refractivity contribution in [3.8, 4) is 0 Å². The third-order valence-electron chi connectivity index (χ3n) is 3.99. The normalized spacial score (nSPS) is 29.6. The predicted octanol–water partition coefficient (Wildman–Crippen LogP) is 3.43. The van der Waals surface area contributed by atoms with E-state index in [0.29, 0.717) is 5.41 Å². The molecule has 1 aliphatic carbocycles. The Morgan fingerprint density at radius 2 is 2.00 bits per heavy atom. The predicted molar refractivity (Wildman–Crippen MR) is 73.2 cm³/mol. The molecule has 1 aliphatic heterocycles. The van der Waals surface area contributed by atoms with Gasteiger partial charge in [0.15, 0.2) is 5.17 Å². The summed E-state index contributed by atoms with van der Waals surface area (Å²) in [5, 5.41) is 4.68. The molecule has 1 saturated carbocycles. The highest BCUT2D eigenvalue weighted by atomic mass is 32.2. The molecule has 2 fully saturated rings. The lowest BCUT2D eigenvalue weighted by atomic mass is 9.84. The van der Waals surface area contributed by atoms with Gasteiger partial charge in [0.2, 0.25) is 0 Å². The number of nitrogens with one attached hydrogen (secondary N) is 1. The van der Waals surface area contributed by atoms with Gasteiger partial charge in [0.05, 0.1) is 0 Å². The lowest BCUT2D eigenvalue weighted by molar-refractivity contribution is 0.297. The first-order chi connectivity index (χ1) is 7.55. The van der Waals surface area contributed by atoms with Crippen LogP contribution in [0.5, 0.6) is 0 Å². The topological polar surface area (TPSA) is 24.4 Å². The molecule has 16 heavy (non-hydrogen) atoms. The summed E-state index contributed by atoms with van der Waals surface area (Å²) < 4.78 is 0. The fraction of sp³-hybridized carbons (Fsp3) is 0.923. The molecule has 0 amide bonds. The Balaban J connectivity index is 1.93. The Kier molecular flexibility index (Phi) is 3.53. The molecule has 0 bridgehead atoms. The second kappa shape index (κ2) is 4.59. The van der Waals surface area contributed by atoms with E-state index in [1.165, 1.54) is 37.3 Å². The van der Waals surface area contributed by atoms with Crippen LogP contribution in [0, 0.1) is 5.41 Å². The van der Waals surface area contributed by atoms with Crippen molar-refractivity contribution < 1.29 is 0 Å². The molecular formula is C13H24N2S. The quantitative estimate of drug-likeness (QED) is 0.817. The van der Waals surface area contributed by atoms with Crippen LogP contribution in [0.2, 0.25) is 0 Å². The fourth-order valence-electron chi connectivity index (χ4n) is 2.68. The Labute approximate surface area is 104 Å². The van der Waals surface area contributed by atoms with Crippen molar-refractivity contribution in [1.29, 1.82) is 0 Å². The molecule has 2 aliphatic rings. The van der Waals surface area contributed by atoms with Gasteiger partial charge in [-0.3, -0.25) is 4.99 Å². The van der Waals surface area contributed by atoms with Crippen LogP contribution in [-0.2, 0) is 0 Å². The number of aliphatic imine (C=N–C) groups is 1. The highest BCUT2D eigenvalue weighted by molar-refractivity contribution is 8.14. The minimum Gasteiger partial charge on any atom is -0.359 e. The van der Waals surface area contributed by atoms with Gasteiger partial charge in [0, 0.05) is 17.8 Å². The van der Waals surface area contributed by atoms with Gasteiger partial charge in [-0.15, -0.1) is 0 Å². The molecular weight excluding hydrogens is 216 g/mol. The van der Waals surface area contributed by atoms with E-state index in [-0.39, 0.29) is 5.54 Å². The smallest absolute Gasteiger partial charge is 0.157 e. The second-order valence-electron chi connectivity index (χ2n) is 5.98. The van der Waals surface area contributed by atoms with E-state index in [0.717, 1.165) is 12.3 Å². The van der Waals surface area contributed by atoms with Crippen LogP contribution in [0.4, 0.5) is 0 Å². The lowest BCUT2D eigenvalue weighted by Gasteiger charge is -2.25. The molecule has 92 valence electrons. The SMILES string of the molecule is CCC1(CN=C2NC(C)(C)CS2)CCCC1. The van der Waals surface area contributed by atoms with E-state index in [2.05, 4.69) is 26.1 Å². The number of thioether (sulfide) groups is 1. The molecule has 0 aromatic rings. The van der Waals surface area contributed by atoms with Crippen molar-refractivity contribution in [1.82, 2.24) is 5.32 Å². The summed E-state index contributed by atoms with van der Waals surface area (Å²) in [5.74, 6) is 1.14. The van der Waals surface area contributed by atoms with Crippen LogP contribution < -0.4 is 5.32 Å². The van der Waals surface area contributed by atoms with Crippen molar-refractivity contribution in [2.75, 3.05) is 12.3 Å². The van der Waals surface area contributed by atoms with Crippen molar-refractivity contribution >= 4 is 16.9 Å². The zero-order chi connectivity index (χ0) is 11.6. The highest BCUT2D eigenvalue weighted by Crippen LogP contribution is 2.41. The number of hydrogen-bond acceptors (Lipinski definition) is 2. The minimum atomic E-state index is 0.235. The number of hydrogen-bond donors (Lipinski definition) is 1. The lowest BCUT2D eigenvalue weighted by Crippen LogP contribution is -2.37. The molecule has 3 heteroatoms. The summed E-state index contributed by atoms with van der Waals surface area (Å²) in [4.78, 5) is 4.81. The van der Waals surface area contributed by atoms with E-state index in [9.17, 15) is 0 Å². The van der Waals surface area contributed by atoms with E-state index in [1.54, 1.807) is 0 Å².